The van der Waals surface area contributed by atoms with Gasteiger partial charge in [-0.15, -0.1) is 0 Å². The first-order chi connectivity index (χ1) is 28.3. The van der Waals surface area contributed by atoms with Crippen LogP contribution in [-0.2, 0) is 39.7 Å². The van der Waals surface area contributed by atoms with Gasteiger partial charge in [0.2, 0.25) is 5.91 Å². The minimum Gasteiger partial charge on any atom is -0.465 e. The molecule has 1 saturated carbocycles. The molecule has 1 fully saturated rings. The van der Waals surface area contributed by atoms with E-state index >= 15 is 0 Å². The van der Waals surface area contributed by atoms with Crippen LogP contribution in [0.25, 0.3) is 14.9 Å². The molecule has 0 spiro atoms. The monoisotopic (exact) mass is 957 g/mol. The number of carbonyl (C=O) groups is 1. The molecule has 0 aromatic heterocycles. The fourth-order valence-electron chi connectivity index (χ4n) is 5.59. The van der Waals surface area contributed by atoms with E-state index in [4.69, 9.17) is 9.47 Å². The van der Waals surface area contributed by atoms with Crippen molar-refractivity contribution in [2.75, 3.05) is 5.32 Å². The van der Waals surface area contributed by atoms with Crippen molar-refractivity contribution in [3.63, 3.8) is 0 Å². The predicted octanol–water partition coefficient (Wildman–Crippen LogP) is 10.6. The number of amides is 1. The summed E-state index contributed by atoms with van der Waals surface area (Å²) in [6.07, 6.45) is 8.04. The molecular formula is C38H46F9N2O10S3-. The average molecular weight is 958 g/mol. The fourth-order valence-corrected chi connectivity index (χ4v) is 8.79. The van der Waals surface area contributed by atoms with Gasteiger partial charge in [-0.2, -0.15) is 47.9 Å². The molecule has 0 bridgehead atoms. The highest BCUT2D eigenvalue weighted by molar-refractivity contribution is 8.13. The second-order valence-electron chi connectivity index (χ2n) is 14.9. The smallest absolute Gasteiger partial charge is 0.465 e. The van der Waals surface area contributed by atoms with Gasteiger partial charge in [-0.05, 0) is 68.4 Å². The van der Waals surface area contributed by atoms with E-state index in [1.54, 1.807) is 20.8 Å². The van der Waals surface area contributed by atoms with E-state index in [1.165, 1.54) is 56.2 Å². The summed E-state index contributed by atoms with van der Waals surface area (Å²) in [6, 6.07) is 14.5. The number of ether oxygens (including phenoxy) is 2. The van der Waals surface area contributed by atoms with Gasteiger partial charge in [0.25, 0.3) is 0 Å². The zero-order chi connectivity index (χ0) is 47.3. The number of alkyl halides is 9. The Balaban J connectivity index is 0.000000424. The lowest BCUT2D eigenvalue weighted by atomic mass is 9.89. The van der Waals surface area contributed by atoms with Gasteiger partial charge in [0, 0.05) is 21.9 Å². The minimum absolute atomic E-state index is 0.0657. The summed E-state index contributed by atoms with van der Waals surface area (Å²) in [5.41, 5.74) is -6.38. The molecule has 3 aromatic rings. The third-order valence-electron chi connectivity index (χ3n) is 9.99. The second-order valence-corrected chi connectivity index (χ2v) is 20.0. The zero-order valence-electron chi connectivity index (χ0n) is 34.1. The van der Waals surface area contributed by atoms with E-state index in [0.29, 0.717) is 28.6 Å². The average Bonchev–Trinajstić information content (AvgIpc) is 3.17. The molecule has 0 heterocycles. The summed E-state index contributed by atoms with van der Waals surface area (Å²) in [6.45, 7) is 11.3. The van der Waals surface area contributed by atoms with E-state index in [2.05, 4.69) is 47.6 Å². The quantitative estimate of drug-likeness (QED) is 0.0779. The third-order valence-corrected chi connectivity index (χ3v) is 14.3. The molecule has 0 aliphatic heterocycles. The van der Waals surface area contributed by atoms with Crippen molar-refractivity contribution in [2.45, 2.75) is 127 Å². The molecule has 24 heteroatoms. The van der Waals surface area contributed by atoms with Crippen LogP contribution in [0.5, 0.6) is 11.5 Å². The third kappa shape index (κ3) is 11.6. The lowest BCUT2D eigenvalue weighted by Crippen LogP contribution is -2.61. The summed E-state index contributed by atoms with van der Waals surface area (Å²) in [5, 5.41) is -12.9. The highest BCUT2D eigenvalue weighted by atomic mass is 32.3. The lowest BCUT2D eigenvalue weighted by Gasteiger charge is -2.35. The SMILES string of the molecule is CCC(C)(C)C(=O)Nc1cccc2c(OS(=O)(=O)C(F)(F)C(F)(F)C(F)(F)S(=O)(=O)[N-]S(=O)(=O)C(F)(F)F)cccc12.CCC(C)c1ccc(OC(C)OC2CCCCC2)cc1. The van der Waals surface area contributed by atoms with Crippen molar-refractivity contribution in [2.24, 2.45) is 5.41 Å². The Morgan fingerprint density at radius 3 is 1.84 bits per heavy atom. The Morgan fingerprint density at radius 2 is 1.31 bits per heavy atom. The molecule has 12 nitrogen and oxygen atoms in total. The van der Waals surface area contributed by atoms with E-state index in [-0.39, 0.29) is 17.4 Å². The number of rotatable bonds is 17. The van der Waals surface area contributed by atoms with Crippen molar-refractivity contribution in [1.29, 1.82) is 0 Å². The summed E-state index contributed by atoms with van der Waals surface area (Å²) in [4.78, 5) is 12.5. The number of nitrogens with one attached hydrogen (secondary N) is 1. The highest BCUT2D eigenvalue weighted by Crippen LogP contribution is 2.53. The Hall–Kier alpha value is -3.87. The number of anilines is 1. The first-order valence-electron chi connectivity index (χ1n) is 18.9. The van der Waals surface area contributed by atoms with Crippen LogP contribution in [0, 0.1) is 5.41 Å². The molecule has 62 heavy (non-hydrogen) atoms. The normalized spacial score (nSPS) is 16.2. The van der Waals surface area contributed by atoms with E-state index in [9.17, 15) is 69.6 Å². The Morgan fingerprint density at radius 1 is 0.758 bits per heavy atom. The molecule has 2 unspecified atom stereocenters. The molecule has 1 amide bonds. The van der Waals surface area contributed by atoms with Crippen LogP contribution in [0.4, 0.5) is 45.2 Å². The topological polar surface area (TPSA) is 173 Å². The number of nitrogens with zero attached hydrogens (tertiary/aromatic N) is 1. The molecule has 0 radical (unpaired) electrons. The molecule has 2 atom stereocenters. The molecule has 1 aliphatic carbocycles. The number of fused-ring (bicyclic) bond motifs is 1. The van der Waals surface area contributed by atoms with Crippen molar-refractivity contribution >= 4 is 52.5 Å². The van der Waals surface area contributed by atoms with Crippen LogP contribution < -0.4 is 14.2 Å². The molecule has 0 saturated heterocycles. The maximum Gasteiger partial charge on any atom is 0.480 e. The maximum absolute atomic E-state index is 14.5. The first kappa shape index (κ1) is 52.5. The minimum atomic E-state index is -8.05. The number of hydrogen-bond donors (Lipinski definition) is 1. The summed E-state index contributed by atoms with van der Waals surface area (Å²) >= 11 is 0. The van der Waals surface area contributed by atoms with E-state index in [1.807, 2.05) is 6.92 Å². The first-order valence-corrected chi connectivity index (χ1v) is 23.2. The Labute approximate surface area is 354 Å². The molecule has 350 valence electrons. The van der Waals surface area contributed by atoms with Crippen molar-refractivity contribution in [3.8, 4) is 11.5 Å². The summed E-state index contributed by atoms with van der Waals surface area (Å²) < 4.78 is 208. The molecule has 1 N–H and O–H groups in total. The van der Waals surface area contributed by atoms with Crippen LogP contribution in [0.1, 0.15) is 98.0 Å². The van der Waals surface area contributed by atoms with Gasteiger partial charge in [0.15, 0.2) is 32.1 Å². The van der Waals surface area contributed by atoms with Gasteiger partial charge in [-0.3, -0.25) is 4.79 Å². The van der Waals surface area contributed by atoms with Crippen molar-refractivity contribution in [3.05, 3.63) is 70.4 Å². The molecule has 4 rings (SSSR count). The standard InChI is InChI=1S/C20H18F9N2O8S3.C18H28O2/c1-4-16(2,3)15(32)30-13-9-5-8-12-11(13)7-6-10-14(12)39-42(37,38)19(25,26)17(21,22)18(23,24)40(33,34)31-41(35,36)20(27,28)29;1-4-14(2)16-10-12-18(13-11-16)20-15(3)19-17-8-6-5-7-9-17/h5-10H,4H2,1-3H3,(H,30,32);10-15,17H,4-9H2,1-3H3/q-1;. The van der Waals surface area contributed by atoms with Gasteiger partial charge in [0.05, 0.1) is 6.10 Å². The van der Waals surface area contributed by atoms with Crippen LogP contribution >= 0.6 is 0 Å². The van der Waals surface area contributed by atoms with Gasteiger partial charge in [-0.25, -0.2) is 16.8 Å². The second kappa shape index (κ2) is 19.5. The van der Waals surface area contributed by atoms with Gasteiger partial charge < -0.3 is 23.1 Å². The van der Waals surface area contributed by atoms with Crippen LogP contribution in [0.3, 0.4) is 0 Å². The van der Waals surface area contributed by atoms with Crippen LogP contribution in [-0.4, -0.2) is 65.5 Å². The van der Waals surface area contributed by atoms with Crippen molar-refractivity contribution in [1.82, 2.24) is 0 Å². The molecule has 3 aromatic carbocycles. The number of carbonyl (C=O) groups excluding carboxylic acids is 1. The largest absolute Gasteiger partial charge is 0.480 e. The highest BCUT2D eigenvalue weighted by Gasteiger charge is 2.81. The van der Waals surface area contributed by atoms with Crippen LogP contribution in [0.2, 0.25) is 0 Å². The van der Waals surface area contributed by atoms with Crippen LogP contribution in [0.15, 0.2) is 60.7 Å². The van der Waals surface area contributed by atoms with Gasteiger partial charge in [0.1, 0.15) is 5.75 Å². The van der Waals surface area contributed by atoms with Gasteiger partial charge >= 0.3 is 32.1 Å². The molecular weight excluding hydrogens is 912 g/mol. The molecule has 1 aliphatic rings. The number of halogens is 9. The number of benzene rings is 3. The number of sulfonamides is 2. The van der Waals surface area contributed by atoms with Crippen molar-refractivity contribution < 1.29 is 83.2 Å². The lowest BCUT2D eigenvalue weighted by molar-refractivity contribution is -0.245. The van der Waals surface area contributed by atoms with E-state index in [0.717, 1.165) is 23.9 Å². The summed E-state index contributed by atoms with van der Waals surface area (Å²) in [7, 11) is -22.9. The van der Waals surface area contributed by atoms with Gasteiger partial charge in [-0.1, -0.05) is 90.3 Å². The Bertz CT molecular complexity index is 2360. The predicted molar refractivity (Wildman–Crippen MR) is 211 cm³/mol. The Kier molecular flexibility index (Phi) is 16.5. The zero-order valence-corrected chi connectivity index (χ0v) is 36.6. The maximum atomic E-state index is 14.5. The number of hydrogen-bond acceptors (Lipinski definition) is 10. The summed E-state index contributed by atoms with van der Waals surface area (Å²) in [5.74, 6) is -7.94. The fraction of sp³-hybridized carbons (Fsp3) is 0.553. The van der Waals surface area contributed by atoms with E-state index < -0.39 is 74.6 Å².